The van der Waals surface area contributed by atoms with Gasteiger partial charge < -0.3 is 4.42 Å². The molecule has 0 spiro atoms. The first kappa shape index (κ1) is 21.1. The molecule has 2 heterocycles. The summed E-state index contributed by atoms with van der Waals surface area (Å²) in [6, 6.07) is 15.4. The second-order valence-electron chi connectivity index (χ2n) is 6.60. The summed E-state index contributed by atoms with van der Waals surface area (Å²) in [5.74, 6) is 0.0583. The monoisotopic (exact) mass is 462 g/mol. The first-order chi connectivity index (χ1) is 14.8. The quantitative estimate of drug-likeness (QED) is 0.350. The number of nitrogens with zero attached hydrogens (tertiary/aromatic N) is 1. The minimum Gasteiger partial charge on any atom is -0.451 e. The van der Waals surface area contributed by atoms with Gasteiger partial charge >= 0.3 is 6.18 Å². The molecule has 0 bridgehead atoms. The third-order valence-electron chi connectivity index (χ3n) is 4.38. The zero-order valence-corrected chi connectivity index (χ0v) is 17.3. The number of benzene rings is 2. The lowest BCUT2D eigenvalue weighted by atomic mass is 10.1. The van der Waals surface area contributed by atoms with Gasteiger partial charge in [0.05, 0.1) is 10.6 Å². The highest BCUT2D eigenvalue weighted by Gasteiger charge is 2.30. The lowest BCUT2D eigenvalue weighted by Gasteiger charge is -2.07. The lowest BCUT2D eigenvalue weighted by Crippen LogP contribution is -2.10. The molecule has 0 unspecified atom stereocenters. The number of hydrogen-bond acceptors (Lipinski definition) is 4. The highest BCUT2D eigenvalue weighted by Crippen LogP contribution is 2.31. The number of carbonyl (C=O) groups is 1. The van der Waals surface area contributed by atoms with Crippen LogP contribution >= 0.6 is 22.9 Å². The van der Waals surface area contributed by atoms with Gasteiger partial charge in [-0.15, -0.1) is 11.3 Å². The summed E-state index contributed by atoms with van der Waals surface area (Å²) in [5, 5.41) is 3.47. The lowest BCUT2D eigenvalue weighted by molar-refractivity contribution is -0.137. The van der Waals surface area contributed by atoms with E-state index in [0.717, 1.165) is 12.1 Å². The summed E-state index contributed by atoms with van der Waals surface area (Å²) < 4.78 is 44.2. The van der Waals surface area contributed by atoms with E-state index in [4.69, 9.17) is 16.0 Å². The Morgan fingerprint density at radius 2 is 1.90 bits per heavy atom. The van der Waals surface area contributed by atoms with Crippen molar-refractivity contribution in [1.82, 2.24) is 4.98 Å². The maximum Gasteiger partial charge on any atom is 0.416 e. The van der Waals surface area contributed by atoms with Crippen LogP contribution in [0.15, 0.2) is 71.3 Å². The molecule has 9 heteroatoms. The van der Waals surface area contributed by atoms with Crippen LogP contribution in [0.1, 0.15) is 26.6 Å². The molecule has 0 aliphatic rings. The maximum atomic E-state index is 12.9. The minimum absolute atomic E-state index is 0.0875. The zero-order chi connectivity index (χ0) is 22.0. The number of nitrogens with one attached hydrogen (secondary N) is 1. The van der Waals surface area contributed by atoms with E-state index in [2.05, 4.69) is 10.3 Å². The number of aromatic nitrogens is 1. The second kappa shape index (κ2) is 8.56. The van der Waals surface area contributed by atoms with Gasteiger partial charge in [0, 0.05) is 23.1 Å². The number of carbonyl (C=O) groups excluding carboxylic acids is 1. The molecular weight excluding hydrogens is 449 g/mol. The van der Waals surface area contributed by atoms with Gasteiger partial charge in [0.1, 0.15) is 5.76 Å². The normalized spacial score (nSPS) is 11.5. The summed E-state index contributed by atoms with van der Waals surface area (Å²) in [6.07, 6.45) is -2.60. The Hall–Kier alpha value is -3.10. The average Bonchev–Trinajstić information content (AvgIpc) is 3.38. The summed E-state index contributed by atoms with van der Waals surface area (Å²) >= 11 is 7.33. The molecule has 4 rings (SSSR count). The smallest absolute Gasteiger partial charge is 0.416 e. The number of rotatable bonds is 5. The molecule has 2 aromatic carbocycles. The second-order valence-corrected chi connectivity index (χ2v) is 8.13. The molecule has 4 nitrogen and oxygen atoms in total. The molecule has 31 heavy (non-hydrogen) atoms. The summed E-state index contributed by atoms with van der Waals surface area (Å²) in [7, 11) is 0. The molecule has 0 aliphatic heterocycles. The van der Waals surface area contributed by atoms with Crippen molar-refractivity contribution in [3.63, 3.8) is 0 Å². The minimum atomic E-state index is -4.39. The van der Waals surface area contributed by atoms with Gasteiger partial charge in [0.25, 0.3) is 5.91 Å². The largest absolute Gasteiger partial charge is 0.451 e. The maximum absolute atomic E-state index is 12.9. The van der Waals surface area contributed by atoms with Gasteiger partial charge in [-0.3, -0.25) is 10.1 Å². The third-order valence-corrected chi connectivity index (χ3v) is 5.62. The zero-order valence-electron chi connectivity index (χ0n) is 15.7. The Bertz CT molecular complexity index is 1230. The van der Waals surface area contributed by atoms with E-state index in [0.29, 0.717) is 31.9 Å². The number of furan rings is 1. The van der Waals surface area contributed by atoms with Crippen molar-refractivity contribution in [3.05, 3.63) is 93.6 Å². The number of anilines is 1. The first-order valence-corrected chi connectivity index (χ1v) is 10.3. The van der Waals surface area contributed by atoms with Crippen molar-refractivity contribution in [2.24, 2.45) is 0 Å². The van der Waals surface area contributed by atoms with E-state index in [1.54, 1.807) is 30.3 Å². The summed E-state index contributed by atoms with van der Waals surface area (Å²) in [4.78, 5) is 17.3. The van der Waals surface area contributed by atoms with Gasteiger partial charge in [0.15, 0.2) is 10.9 Å². The van der Waals surface area contributed by atoms with E-state index >= 15 is 0 Å². The molecule has 1 amide bonds. The van der Waals surface area contributed by atoms with Crippen molar-refractivity contribution in [1.29, 1.82) is 0 Å². The standard InChI is InChI=1S/C22H14ClF3N2O2S/c23-17-7-2-1-6-16(17)18-8-9-19(30-18)20(29)28-21-27-12-15(31-21)11-13-4-3-5-14(10-13)22(24,25)26/h1-10,12H,11H2,(H,27,28,29). The van der Waals surface area contributed by atoms with Crippen molar-refractivity contribution in [2.75, 3.05) is 5.32 Å². The SMILES string of the molecule is O=C(Nc1ncc(Cc2cccc(C(F)(F)F)c2)s1)c1ccc(-c2ccccc2Cl)o1. The van der Waals surface area contributed by atoms with Crippen LogP contribution in [-0.2, 0) is 12.6 Å². The van der Waals surface area contributed by atoms with Crippen LogP contribution in [0.25, 0.3) is 11.3 Å². The third kappa shape index (κ3) is 4.98. The fourth-order valence-electron chi connectivity index (χ4n) is 2.93. The van der Waals surface area contributed by atoms with Crippen molar-refractivity contribution in [2.45, 2.75) is 12.6 Å². The number of thiazole rings is 1. The Labute approximate surface area is 184 Å². The van der Waals surface area contributed by atoms with Crippen LogP contribution in [0.5, 0.6) is 0 Å². The van der Waals surface area contributed by atoms with E-state index in [1.807, 2.05) is 6.07 Å². The fraction of sp³-hybridized carbons (Fsp3) is 0.0909. The van der Waals surface area contributed by atoms with E-state index in [9.17, 15) is 18.0 Å². The highest BCUT2D eigenvalue weighted by atomic mass is 35.5. The molecule has 0 aliphatic carbocycles. The Kier molecular flexibility index (Phi) is 5.84. The van der Waals surface area contributed by atoms with Gasteiger partial charge in [0.2, 0.25) is 0 Å². The molecule has 0 saturated heterocycles. The predicted molar refractivity (Wildman–Crippen MR) is 113 cm³/mol. The first-order valence-electron chi connectivity index (χ1n) is 9.06. The number of hydrogen-bond donors (Lipinski definition) is 1. The molecule has 0 radical (unpaired) electrons. The Balaban J connectivity index is 1.44. The van der Waals surface area contributed by atoms with Crippen LogP contribution in [0, 0.1) is 0 Å². The molecule has 4 aromatic rings. The topological polar surface area (TPSA) is 55.1 Å². The van der Waals surface area contributed by atoms with Crippen molar-refractivity contribution >= 4 is 34.0 Å². The van der Waals surface area contributed by atoms with Gasteiger partial charge in [-0.05, 0) is 35.9 Å². The van der Waals surface area contributed by atoms with Gasteiger partial charge in [-0.1, -0.05) is 41.9 Å². The Morgan fingerprint density at radius 1 is 1.10 bits per heavy atom. The average molecular weight is 463 g/mol. The van der Waals surface area contributed by atoms with Crippen molar-refractivity contribution in [3.8, 4) is 11.3 Å². The van der Waals surface area contributed by atoms with E-state index in [1.165, 1.54) is 29.7 Å². The molecule has 158 valence electrons. The fourth-order valence-corrected chi connectivity index (χ4v) is 4.00. The summed E-state index contributed by atoms with van der Waals surface area (Å²) in [6.45, 7) is 0. The highest BCUT2D eigenvalue weighted by molar-refractivity contribution is 7.15. The van der Waals surface area contributed by atoms with Gasteiger partial charge in [-0.25, -0.2) is 4.98 Å². The van der Waals surface area contributed by atoms with Crippen LogP contribution in [0.2, 0.25) is 5.02 Å². The number of halogens is 4. The van der Waals surface area contributed by atoms with Gasteiger partial charge in [-0.2, -0.15) is 13.2 Å². The number of amides is 1. The van der Waals surface area contributed by atoms with Crippen LogP contribution in [-0.4, -0.2) is 10.9 Å². The molecule has 1 N–H and O–H groups in total. The molecule has 0 saturated carbocycles. The van der Waals surface area contributed by atoms with E-state index in [-0.39, 0.29) is 12.2 Å². The Morgan fingerprint density at radius 3 is 2.68 bits per heavy atom. The predicted octanol–water partition coefficient (Wildman–Crippen LogP) is 6.92. The van der Waals surface area contributed by atoms with Crippen LogP contribution in [0.4, 0.5) is 18.3 Å². The van der Waals surface area contributed by atoms with E-state index < -0.39 is 17.6 Å². The van der Waals surface area contributed by atoms with Crippen LogP contribution in [0.3, 0.4) is 0 Å². The summed E-state index contributed by atoms with van der Waals surface area (Å²) in [5.41, 5.74) is 0.475. The molecule has 0 atom stereocenters. The van der Waals surface area contributed by atoms with Crippen LogP contribution < -0.4 is 5.32 Å². The molecule has 0 fully saturated rings. The molecule has 2 aromatic heterocycles. The van der Waals surface area contributed by atoms with Crippen molar-refractivity contribution < 1.29 is 22.4 Å². The number of alkyl halides is 3. The molecular formula is C22H14ClF3N2O2S.